The van der Waals surface area contributed by atoms with Crippen LogP contribution < -0.4 is 10.6 Å². The van der Waals surface area contributed by atoms with E-state index in [1.165, 1.54) is 18.2 Å². The molecule has 0 aliphatic heterocycles. The van der Waals surface area contributed by atoms with E-state index in [1.807, 2.05) is 49.8 Å². The standard InChI is InChI=1S/C22H23BrFN5O/c1-14-20(15(2)29(3)28-14)10-11-25-22(26-19-9-5-7-17(23)13-19)27-21(30)16-6-4-8-18(24)12-16/h4-9,12-13H,10-11H2,1-3H3,(H2,25,26,27,30). The molecule has 3 rings (SSSR count). The summed E-state index contributed by atoms with van der Waals surface area (Å²) in [6.45, 7) is 4.44. The van der Waals surface area contributed by atoms with Crippen LogP contribution in [-0.4, -0.2) is 28.2 Å². The van der Waals surface area contributed by atoms with Gasteiger partial charge in [-0.1, -0.05) is 28.1 Å². The monoisotopic (exact) mass is 471 g/mol. The lowest BCUT2D eigenvalue weighted by Crippen LogP contribution is -2.36. The Bertz CT molecular complexity index is 1090. The molecular weight excluding hydrogens is 449 g/mol. The van der Waals surface area contributed by atoms with Crippen LogP contribution in [0.15, 0.2) is 58.0 Å². The first-order valence-corrected chi connectivity index (χ1v) is 10.3. The molecule has 2 N–H and O–H groups in total. The second-order valence-electron chi connectivity index (χ2n) is 6.85. The van der Waals surface area contributed by atoms with Crippen molar-refractivity contribution in [1.82, 2.24) is 15.1 Å². The molecule has 2 aromatic carbocycles. The Kier molecular flexibility index (Phi) is 6.99. The summed E-state index contributed by atoms with van der Waals surface area (Å²) in [6.07, 6.45) is 0.686. The zero-order chi connectivity index (χ0) is 21.7. The van der Waals surface area contributed by atoms with Crippen LogP contribution in [0.2, 0.25) is 0 Å². The molecule has 6 nitrogen and oxygen atoms in total. The van der Waals surface area contributed by atoms with Gasteiger partial charge in [-0.15, -0.1) is 0 Å². The molecule has 0 bridgehead atoms. The van der Waals surface area contributed by atoms with Gasteiger partial charge in [0.25, 0.3) is 5.91 Å². The number of nitrogens with one attached hydrogen (secondary N) is 2. The SMILES string of the molecule is Cc1nn(C)c(C)c1CCN=C(NC(=O)c1cccc(F)c1)Nc1cccc(Br)c1. The Morgan fingerprint density at radius 2 is 1.97 bits per heavy atom. The van der Waals surface area contributed by atoms with Crippen molar-refractivity contribution in [2.75, 3.05) is 11.9 Å². The van der Waals surface area contributed by atoms with Crippen LogP contribution in [0.4, 0.5) is 10.1 Å². The number of rotatable bonds is 5. The molecule has 0 aliphatic carbocycles. The summed E-state index contributed by atoms with van der Waals surface area (Å²) in [4.78, 5) is 17.1. The first-order chi connectivity index (χ1) is 14.3. The van der Waals surface area contributed by atoms with Gasteiger partial charge in [-0.25, -0.2) is 4.39 Å². The van der Waals surface area contributed by atoms with Gasteiger partial charge in [-0.2, -0.15) is 5.10 Å². The van der Waals surface area contributed by atoms with Crippen molar-refractivity contribution >= 4 is 33.5 Å². The number of anilines is 1. The first-order valence-electron chi connectivity index (χ1n) is 9.46. The Morgan fingerprint density at radius 1 is 1.20 bits per heavy atom. The topological polar surface area (TPSA) is 71.3 Å². The van der Waals surface area contributed by atoms with Crippen molar-refractivity contribution in [1.29, 1.82) is 0 Å². The molecule has 0 saturated carbocycles. The van der Waals surface area contributed by atoms with Gasteiger partial charge in [0.2, 0.25) is 5.96 Å². The van der Waals surface area contributed by atoms with E-state index in [0.29, 0.717) is 18.9 Å². The van der Waals surface area contributed by atoms with Gasteiger partial charge < -0.3 is 5.32 Å². The van der Waals surface area contributed by atoms with E-state index in [1.54, 1.807) is 6.07 Å². The predicted octanol–water partition coefficient (Wildman–Crippen LogP) is 4.38. The molecule has 0 radical (unpaired) electrons. The molecule has 1 amide bonds. The third-order valence-electron chi connectivity index (χ3n) is 4.70. The van der Waals surface area contributed by atoms with Gasteiger partial charge >= 0.3 is 0 Å². The summed E-state index contributed by atoms with van der Waals surface area (Å²) < 4.78 is 16.2. The number of halogens is 2. The minimum Gasteiger partial charge on any atom is -0.326 e. The number of amides is 1. The minimum absolute atomic E-state index is 0.220. The average Bonchev–Trinajstić information content (AvgIpc) is 2.94. The van der Waals surface area contributed by atoms with Crippen molar-refractivity contribution in [2.45, 2.75) is 20.3 Å². The molecule has 30 heavy (non-hydrogen) atoms. The second kappa shape index (κ2) is 9.67. The maximum absolute atomic E-state index is 13.5. The summed E-state index contributed by atoms with van der Waals surface area (Å²) >= 11 is 3.43. The zero-order valence-electron chi connectivity index (χ0n) is 17.0. The highest BCUT2D eigenvalue weighted by atomic mass is 79.9. The summed E-state index contributed by atoms with van der Waals surface area (Å²) in [5, 5.41) is 10.3. The summed E-state index contributed by atoms with van der Waals surface area (Å²) in [7, 11) is 1.91. The largest absolute Gasteiger partial charge is 0.326 e. The van der Waals surface area contributed by atoms with E-state index in [2.05, 4.69) is 36.7 Å². The van der Waals surface area contributed by atoms with E-state index in [-0.39, 0.29) is 5.56 Å². The second-order valence-corrected chi connectivity index (χ2v) is 7.77. The molecule has 3 aromatic rings. The number of guanidine groups is 1. The minimum atomic E-state index is -0.469. The van der Waals surface area contributed by atoms with E-state index >= 15 is 0 Å². The van der Waals surface area contributed by atoms with Crippen molar-refractivity contribution in [2.24, 2.45) is 12.0 Å². The number of aliphatic imine (C=N–C) groups is 1. The zero-order valence-corrected chi connectivity index (χ0v) is 18.6. The van der Waals surface area contributed by atoms with Gasteiger partial charge in [0.05, 0.1) is 5.69 Å². The number of benzene rings is 2. The van der Waals surface area contributed by atoms with E-state index in [4.69, 9.17) is 0 Å². The Labute approximate surface area is 183 Å². The third-order valence-corrected chi connectivity index (χ3v) is 5.19. The van der Waals surface area contributed by atoms with Gasteiger partial charge in [-0.05, 0) is 62.2 Å². The number of carbonyl (C=O) groups is 1. The first kappa shape index (κ1) is 21.7. The van der Waals surface area contributed by atoms with Gasteiger partial charge in [-0.3, -0.25) is 19.8 Å². The Morgan fingerprint density at radius 3 is 2.63 bits per heavy atom. The van der Waals surface area contributed by atoms with Crippen molar-refractivity contribution in [3.05, 3.63) is 81.3 Å². The molecule has 0 saturated heterocycles. The van der Waals surface area contributed by atoms with Crippen molar-refractivity contribution in [3.8, 4) is 0 Å². The lowest BCUT2D eigenvalue weighted by Gasteiger charge is -2.12. The number of aryl methyl sites for hydroxylation is 2. The van der Waals surface area contributed by atoms with Crippen LogP contribution in [0.3, 0.4) is 0 Å². The van der Waals surface area contributed by atoms with Crippen molar-refractivity contribution < 1.29 is 9.18 Å². The number of hydrogen-bond donors (Lipinski definition) is 2. The van der Waals surface area contributed by atoms with Gasteiger partial charge in [0, 0.05) is 35.0 Å². The van der Waals surface area contributed by atoms with Crippen LogP contribution in [0.25, 0.3) is 0 Å². The predicted molar refractivity (Wildman–Crippen MR) is 120 cm³/mol. The van der Waals surface area contributed by atoms with E-state index < -0.39 is 11.7 Å². The summed E-state index contributed by atoms with van der Waals surface area (Å²) in [5.74, 6) is -0.616. The number of hydrogen-bond acceptors (Lipinski definition) is 3. The fraction of sp³-hybridized carbons (Fsp3) is 0.227. The lowest BCUT2D eigenvalue weighted by atomic mass is 10.1. The molecule has 156 valence electrons. The highest BCUT2D eigenvalue weighted by Crippen LogP contribution is 2.16. The smallest absolute Gasteiger partial charge is 0.258 e. The van der Waals surface area contributed by atoms with Crippen LogP contribution >= 0.6 is 15.9 Å². The Balaban J connectivity index is 1.79. The summed E-state index contributed by atoms with van der Waals surface area (Å²) in [6, 6.07) is 13.1. The molecule has 8 heteroatoms. The number of nitrogens with zero attached hydrogens (tertiary/aromatic N) is 3. The fourth-order valence-electron chi connectivity index (χ4n) is 3.08. The highest BCUT2D eigenvalue weighted by molar-refractivity contribution is 9.10. The highest BCUT2D eigenvalue weighted by Gasteiger charge is 2.12. The molecule has 0 unspecified atom stereocenters. The van der Waals surface area contributed by atoms with Gasteiger partial charge in [0.1, 0.15) is 5.82 Å². The number of aromatic nitrogens is 2. The molecule has 0 aliphatic rings. The number of carbonyl (C=O) groups excluding carboxylic acids is 1. The molecule has 0 fully saturated rings. The van der Waals surface area contributed by atoms with Crippen molar-refractivity contribution in [3.63, 3.8) is 0 Å². The molecular formula is C22H23BrFN5O. The van der Waals surface area contributed by atoms with Crippen LogP contribution in [0.1, 0.15) is 27.3 Å². The van der Waals surface area contributed by atoms with E-state index in [9.17, 15) is 9.18 Å². The normalized spacial score (nSPS) is 11.4. The van der Waals surface area contributed by atoms with Crippen LogP contribution in [0, 0.1) is 19.7 Å². The average molecular weight is 472 g/mol. The quantitative estimate of drug-likeness (QED) is 0.428. The van der Waals surface area contributed by atoms with E-state index in [0.717, 1.165) is 27.1 Å². The van der Waals surface area contributed by atoms with Crippen LogP contribution in [0.5, 0.6) is 0 Å². The molecule has 1 aromatic heterocycles. The fourth-order valence-corrected chi connectivity index (χ4v) is 3.48. The summed E-state index contributed by atoms with van der Waals surface area (Å²) in [5.41, 5.74) is 4.18. The Hall–Kier alpha value is -3.00. The maximum Gasteiger partial charge on any atom is 0.258 e. The maximum atomic E-state index is 13.5. The lowest BCUT2D eigenvalue weighted by molar-refractivity contribution is 0.0976. The van der Waals surface area contributed by atoms with Gasteiger partial charge in [0.15, 0.2) is 0 Å². The molecule has 0 spiro atoms. The van der Waals surface area contributed by atoms with Crippen LogP contribution in [-0.2, 0) is 13.5 Å². The molecule has 1 heterocycles. The third kappa shape index (κ3) is 5.54. The molecule has 0 atom stereocenters.